The number of benzene rings is 2. The summed E-state index contributed by atoms with van der Waals surface area (Å²) in [7, 11) is 0. The second kappa shape index (κ2) is 10.4. The molecule has 0 fully saturated rings. The number of allylic oxidation sites excluding steroid dienone is 1. The number of carbonyl (C=O) groups excluding carboxylic acids is 1. The van der Waals surface area contributed by atoms with Crippen molar-refractivity contribution in [3.05, 3.63) is 76.8 Å². The van der Waals surface area contributed by atoms with Crippen LogP contribution in [0.1, 0.15) is 18.1 Å². The van der Waals surface area contributed by atoms with E-state index in [2.05, 4.69) is 17.4 Å². The summed E-state index contributed by atoms with van der Waals surface area (Å²) in [5.41, 5.74) is 2.35. The maximum absolute atomic E-state index is 11.4. The van der Waals surface area contributed by atoms with Gasteiger partial charge >= 0.3 is 6.09 Å². The quantitative estimate of drug-likeness (QED) is 0.553. The molecule has 25 heavy (non-hydrogen) atoms. The fraction of sp³-hybridized carbons (Fsp3) is 0.250. The number of nitrogens with one attached hydrogen (secondary N) is 1. The number of carbonyl (C=O) groups is 1. The Kier molecular flexibility index (Phi) is 7.86. The Balaban J connectivity index is 1.76. The van der Waals surface area contributed by atoms with Crippen LogP contribution in [0.3, 0.4) is 0 Å². The summed E-state index contributed by atoms with van der Waals surface area (Å²) in [6, 6.07) is 16.0. The van der Waals surface area contributed by atoms with Crippen molar-refractivity contribution in [2.75, 3.05) is 19.8 Å². The van der Waals surface area contributed by atoms with Gasteiger partial charge in [0.25, 0.3) is 0 Å². The highest BCUT2D eigenvalue weighted by Crippen LogP contribution is 2.26. The van der Waals surface area contributed by atoms with Crippen molar-refractivity contribution >= 4 is 17.7 Å². The summed E-state index contributed by atoms with van der Waals surface area (Å²) >= 11 is 6.28. The molecule has 2 rings (SSSR count). The van der Waals surface area contributed by atoms with Gasteiger partial charge in [0.15, 0.2) is 0 Å². The predicted octanol–water partition coefficient (Wildman–Crippen LogP) is 4.61. The number of ether oxygens (including phenoxy) is 2. The molecule has 0 atom stereocenters. The van der Waals surface area contributed by atoms with Crippen LogP contribution in [0.5, 0.6) is 5.75 Å². The highest BCUT2D eigenvalue weighted by molar-refractivity contribution is 6.32. The van der Waals surface area contributed by atoms with Crippen molar-refractivity contribution < 1.29 is 14.3 Å². The fourth-order valence-corrected chi connectivity index (χ4v) is 2.45. The number of halogens is 1. The zero-order valence-electron chi connectivity index (χ0n) is 14.2. The van der Waals surface area contributed by atoms with Gasteiger partial charge in [-0.25, -0.2) is 4.79 Å². The average molecular weight is 360 g/mol. The molecule has 132 valence electrons. The number of hydrogen-bond donors (Lipinski definition) is 1. The topological polar surface area (TPSA) is 47.6 Å². The molecule has 0 aromatic heterocycles. The van der Waals surface area contributed by atoms with Gasteiger partial charge in [-0.2, -0.15) is 0 Å². The van der Waals surface area contributed by atoms with Crippen LogP contribution >= 0.6 is 11.6 Å². The largest absolute Gasteiger partial charge is 0.490 e. The molecular weight excluding hydrogens is 338 g/mol. The van der Waals surface area contributed by atoms with E-state index in [1.54, 1.807) is 6.08 Å². The Bertz CT molecular complexity index is 701. The van der Waals surface area contributed by atoms with Crippen molar-refractivity contribution in [2.45, 2.75) is 13.3 Å². The van der Waals surface area contributed by atoms with E-state index in [-0.39, 0.29) is 6.61 Å². The summed E-state index contributed by atoms with van der Waals surface area (Å²) in [4.78, 5) is 11.4. The molecule has 0 saturated heterocycles. The zero-order valence-corrected chi connectivity index (χ0v) is 15.0. The summed E-state index contributed by atoms with van der Waals surface area (Å²) in [6.07, 6.45) is 3.93. The van der Waals surface area contributed by atoms with Gasteiger partial charge in [0.05, 0.1) is 11.6 Å². The molecule has 0 aliphatic carbocycles. The van der Waals surface area contributed by atoms with Crippen molar-refractivity contribution in [3.8, 4) is 5.75 Å². The molecule has 2 aromatic rings. The van der Waals surface area contributed by atoms with Crippen molar-refractivity contribution in [1.82, 2.24) is 5.32 Å². The van der Waals surface area contributed by atoms with Crippen LogP contribution in [0, 0.1) is 0 Å². The minimum Gasteiger partial charge on any atom is -0.490 e. The lowest BCUT2D eigenvalue weighted by Crippen LogP contribution is -2.28. The fourth-order valence-electron chi connectivity index (χ4n) is 2.19. The molecule has 0 aliphatic rings. The molecule has 5 heteroatoms. The summed E-state index contributed by atoms with van der Waals surface area (Å²) in [6.45, 7) is 2.79. The molecule has 0 saturated carbocycles. The van der Waals surface area contributed by atoms with Gasteiger partial charge in [-0.05, 0) is 36.6 Å². The monoisotopic (exact) mass is 359 g/mol. The van der Waals surface area contributed by atoms with Crippen molar-refractivity contribution in [2.24, 2.45) is 0 Å². The third kappa shape index (κ3) is 6.89. The van der Waals surface area contributed by atoms with Crippen LogP contribution < -0.4 is 10.1 Å². The van der Waals surface area contributed by atoms with Gasteiger partial charge in [-0.15, -0.1) is 0 Å². The molecule has 0 heterocycles. The van der Waals surface area contributed by atoms with E-state index in [1.807, 2.05) is 49.4 Å². The van der Waals surface area contributed by atoms with Gasteiger partial charge < -0.3 is 14.8 Å². The van der Waals surface area contributed by atoms with Crippen LogP contribution in [0.25, 0.3) is 0 Å². The summed E-state index contributed by atoms with van der Waals surface area (Å²) < 4.78 is 10.5. The van der Waals surface area contributed by atoms with Crippen LogP contribution in [-0.4, -0.2) is 25.9 Å². The van der Waals surface area contributed by atoms with Gasteiger partial charge in [0.1, 0.15) is 19.0 Å². The summed E-state index contributed by atoms with van der Waals surface area (Å²) in [5.74, 6) is 0.600. The smallest absolute Gasteiger partial charge is 0.407 e. The van der Waals surface area contributed by atoms with Gasteiger partial charge in [0.2, 0.25) is 0 Å². The van der Waals surface area contributed by atoms with Crippen LogP contribution in [0.2, 0.25) is 5.02 Å². The molecule has 0 spiro atoms. The van der Waals surface area contributed by atoms with E-state index in [1.165, 1.54) is 5.56 Å². The number of hydrogen-bond acceptors (Lipinski definition) is 3. The predicted molar refractivity (Wildman–Crippen MR) is 100 cm³/mol. The average Bonchev–Trinajstić information content (AvgIpc) is 2.61. The molecule has 0 bridgehead atoms. The van der Waals surface area contributed by atoms with Crippen LogP contribution in [0.4, 0.5) is 4.79 Å². The SMILES string of the molecule is C/C=C/COC(=O)NCCOc1ccc(Cc2ccccc2)cc1Cl. The van der Waals surface area contributed by atoms with Gasteiger partial charge in [0, 0.05) is 0 Å². The Morgan fingerprint density at radius 3 is 2.68 bits per heavy atom. The molecule has 2 aromatic carbocycles. The van der Waals surface area contributed by atoms with E-state index in [9.17, 15) is 4.79 Å². The Morgan fingerprint density at radius 2 is 1.96 bits per heavy atom. The van der Waals surface area contributed by atoms with Crippen molar-refractivity contribution in [3.63, 3.8) is 0 Å². The third-order valence-corrected chi connectivity index (χ3v) is 3.72. The number of amides is 1. The molecule has 0 aliphatic heterocycles. The lowest BCUT2D eigenvalue weighted by Gasteiger charge is -2.10. The minimum absolute atomic E-state index is 0.262. The Labute approximate surface area is 153 Å². The molecule has 4 nitrogen and oxygen atoms in total. The normalized spacial score (nSPS) is 10.6. The number of alkyl carbamates (subject to hydrolysis) is 1. The first kappa shape index (κ1) is 18.9. The second-order valence-electron chi connectivity index (χ2n) is 5.37. The Hall–Kier alpha value is -2.46. The number of rotatable bonds is 8. The van der Waals surface area contributed by atoms with Crippen LogP contribution in [0.15, 0.2) is 60.7 Å². The van der Waals surface area contributed by atoms with E-state index >= 15 is 0 Å². The highest BCUT2D eigenvalue weighted by atomic mass is 35.5. The van der Waals surface area contributed by atoms with Crippen LogP contribution in [-0.2, 0) is 11.2 Å². The van der Waals surface area contributed by atoms with E-state index < -0.39 is 6.09 Å². The second-order valence-corrected chi connectivity index (χ2v) is 5.78. The molecule has 1 amide bonds. The third-order valence-electron chi connectivity index (χ3n) is 3.42. The zero-order chi connectivity index (χ0) is 17.9. The van der Waals surface area contributed by atoms with E-state index in [4.69, 9.17) is 21.1 Å². The summed E-state index contributed by atoms with van der Waals surface area (Å²) in [5, 5.41) is 3.17. The standard InChI is InChI=1S/C20H22ClNO3/c1-2-3-12-25-20(23)22-11-13-24-19-10-9-17(15-18(19)21)14-16-7-5-4-6-8-16/h2-10,15H,11-14H2,1H3,(H,22,23)/b3-2+. The van der Waals surface area contributed by atoms with Gasteiger partial charge in [-0.1, -0.05) is 60.2 Å². The lowest BCUT2D eigenvalue weighted by atomic mass is 10.1. The Morgan fingerprint density at radius 1 is 1.16 bits per heavy atom. The van der Waals surface area contributed by atoms with E-state index in [0.29, 0.717) is 23.9 Å². The molecule has 1 N–H and O–H groups in total. The first-order valence-electron chi connectivity index (χ1n) is 8.16. The minimum atomic E-state index is -0.467. The first-order chi connectivity index (χ1) is 12.2. The molecule has 0 radical (unpaired) electrons. The van der Waals surface area contributed by atoms with E-state index in [0.717, 1.165) is 12.0 Å². The maximum Gasteiger partial charge on any atom is 0.407 e. The first-order valence-corrected chi connectivity index (χ1v) is 8.53. The highest BCUT2D eigenvalue weighted by Gasteiger charge is 2.05. The van der Waals surface area contributed by atoms with Crippen molar-refractivity contribution in [1.29, 1.82) is 0 Å². The molecular formula is C20H22ClNO3. The van der Waals surface area contributed by atoms with Gasteiger partial charge in [-0.3, -0.25) is 0 Å². The molecule has 0 unspecified atom stereocenters. The lowest BCUT2D eigenvalue weighted by molar-refractivity contribution is 0.156. The maximum atomic E-state index is 11.4.